The molecule has 5 heteroatoms. The lowest BCUT2D eigenvalue weighted by Crippen LogP contribution is -2.45. The van der Waals surface area contributed by atoms with E-state index in [1.807, 2.05) is 6.92 Å². The van der Waals surface area contributed by atoms with Crippen molar-refractivity contribution in [1.82, 2.24) is 10.2 Å². The molecule has 0 amide bonds. The molecule has 0 radical (unpaired) electrons. The van der Waals surface area contributed by atoms with Crippen LogP contribution in [-0.4, -0.2) is 54.6 Å². The average Bonchev–Trinajstić information content (AvgIpc) is 2.39. The number of nitrogens with zero attached hydrogens (tertiary/aromatic N) is 1. The fourth-order valence-electron chi connectivity index (χ4n) is 2.29. The molecule has 0 bridgehead atoms. The Morgan fingerprint density at radius 2 is 2.39 bits per heavy atom. The quantitative estimate of drug-likeness (QED) is 0.542. The van der Waals surface area contributed by atoms with Gasteiger partial charge in [-0.05, 0) is 50.7 Å². The molecule has 4 nitrogen and oxygen atoms in total. The minimum absolute atomic E-state index is 0.285. The van der Waals surface area contributed by atoms with E-state index >= 15 is 0 Å². The van der Waals surface area contributed by atoms with Crippen LogP contribution in [0.2, 0.25) is 0 Å². The summed E-state index contributed by atoms with van der Waals surface area (Å²) in [5, 5.41) is 13.1. The van der Waals surface area contributed by atoms with E-state index in [0.29, 0.717) is 5.92 Å². The monoisotopic (exact) mass is 274 g/mol. The van der Waals surface area contributed by atoms with Crippen molar-refractivity contribution < 1.29 is 9.84 Å². The lowest BCUT2D eigenvalue weighted by Gasteiger charge is -2.34. The van der Waals surface area contributed by atoms with E-state index in [4.69, 9.17) is 22.1 Å². The van der Waals surface area contributed by atoms with E-state index in [0.717, 1.165) is 50.8 Å². The Morgan fingerprint density at radius 1 is 1.56 bits per heavy atom. The number of nitrogens with one attached hydrogen (secondary N) is 1. The fraction of sp³-hybridized carbons (Fsp3) is 0.923. The Morgan fingerprint density at radius 3 is 3.11 bits per heavy atom. The van der Waals surface area contributed by atoms with Gasteiger partial charge in [0.1, 0.15) is 0 Å². The van der Waals surface area contributed by atoms with Crippen molar-refractivity contribution in [2.75, 3.05) is 39.5 Å². The first-order valence-corrected chi connectivity index (χ1v) is 7.40. The Kier molecular flexibility index (Phi) is 8.29. The van der Waals surface area contributed by atoms with Crippen molar-refractivity contribution in [3.05, 3.63) is 0 Å². The van der Waals surface area contributed by atoms with E-state index in [1.165, 1.54) is 12.8 Å². The summed E-state index contributed by atoms with van der Waals surface area (Å²) in [6.07, 6.45) is 4.26. The maximum Gasteiger partial charge on any atom is 0.168 e. The zero-order chi connectivity index (χ0) is 13.2. The van der Waals surface area contributed by atoms with Crippen molar-refractivity contribution in [3.8, 4) is 0 Å². The lowest BCUT2D eigenvalue weighted by molar-refractivity contribution is 0.145. The summed E-state index contributed by atoms with van der Waals surface area (Å²) in [7, 11) is 0. The van der Waals surface area contributed by atoms with E-state index in [1.54, 1.807) is 0 Å². The molecular formula is C13H26N2O2S. The molecule has 1 rings (SSSR count). The third-order valence-electron chi connectivity index (χ3n) is 3.29. The molecule has 1 saturated heterocycles. The number of rotatable bonds is 7. The fourth-order valence-corrected chi connectivity index (χ4v) is 2.56. The number of hydrogen-bond acceptors (Lipinski definition) is 3. The molecule has 106 valence electrons. The molecule has 1 aliphatic rings. The summed E-state index contributed by atoms with van der Waals surface area (Å²) in [6, 6.07) is 0. The second-order valence-electron chi connectivity index (χ2n) is 4.75. The van der Waals surface area contributed by atoms with E-state index in [2.05, 4.69) is 10.2 Å². The molecule has 1 atom stereocenters. The van der Waals surface area contributed by atoms with Crippen LogP contribution in [0.4, 0.5) is 0 Å². The number of aliphatic hydroxyl groups is 1. The molecule has 1 unspecified atom stereocenters. The molecule has 0 aromatic heterocycles. The highest BCUT2D eigenvalue weighted by Gasteiger charge is 2.20. The lowest BCUT2D eigenvalue weighted by atomic mass is 9.95. The van der Waals surface area contributed by atoms with Crippen LogP contribution in [0.3, 0.4) is 0 Å². The van der Waals surface area contributed by atoms with Gasteiger partial charge in [0, 0.05) is 39.5 Å². The Bertz CT molecular complexity index is 237. The first-order valence-electron chi connectivity index (χ1n) is 6.99. The van der Waals surface area contributed by atoms with Gasteiger partial charge in [0.05, 0.1) is 0 Å². The largest absolute Gasteiger partial charge is 0.396 e. The van der Waals surface area contributed by atoms with Crippen molar-refractivity contribution >= 4 is 17.3 Å². The first-order chi connectivity index (χ1) is 8.77. The third-order valence-corrected chi connectivity index (χ3v) is 3.69. The minimum Gasteiger partial charge on any atom is -0.396 e. The highest BCUT2D eigenvalue weighted by molar-refractivity contribution is 7.80. The van der Waals surface area contributed by atoms with Crippen LogP contribution in [0.15, 0.2) is 0 Å². The summed E-state index contributed by atoms with van der Waals surface area (Å²) >= 11 is 5.40. The summed E-state index contributed by atoms with van der Waals surface area (Å²) in [4.78, 5) is 2.24. The van der Waals surface area contributed by atoms with Crippen molar-refractivity contribution in [2.24, 2.45) is 5.92 Å². The second kappa shape index (κ2) is 9.53. The summed E-state index contributed by atoms with van der Waals surface area (Å²) < 4.78 is 5.29. The molecule has 0 aromatic carbocycles. The van der Waals surface area contributed by atoms with Crippen LogP contribution >= 0.6 is 12.2 Å². The highest BCUT2D eigenvalue weighted by Crippen LogP contribution is 2.19. The Hall–Kier alpha value is -0.390. The van der Waals surface area contributed by atoms with Gasteiger partial charge in [-0.25, -0.2) is 0 Å². The van der Waals surface area contributed by atoms with Gasteiger partial charge in [-0.15, -0.1) is 0 Å². The summed E-state index contributed by atoms with van der Waals surface area (Å²) in [5.41, 5.74) is 0. The number of likely N-dealkylation sites (tertiary alicyclic amines) is 1. The van der Waals surface area contributed by atoms with Crippen molar-refractivity contribution in [1.29, 1.82) is 0 Å². The number of piperidine rings is 1. The number of aliphatic hydroxyl groups excluding tert-OH is 1. The Labute approximate surface area is 116 Å². The second-order valence-corrected chi connectivity index (χ2v) is 5.14. The zero-order valence-corrected chi connectivity index (χ0v) is 12.2. The van der Waals surface area contributed by atoms with E-state index < -0.39 is 0 Å². The van der Waals surface area contributed by atoms with Gasteiger partial charge < -0.3 is 20.1 Å². The smallest absolute Gasteiger partial charge is 0.168 e. The molecule has 0 spiro atoms. The predicted molar refractivity (Wildman–Crippen MR) is 77.7 cm³/mol. The van der Waals surface area contributed by atoms with E-state index in [9.17, 15) is 0 Å². The maximum atomic E-state index is 8.99. The molecule has 0 aromatic rings. The molecule has 18 heavy (non-hydrogen) atoms. The van der Waals surface area contributed by atoms with Gasteiger partial charge in [0.15, 0.2) is 5.11 Å². The van der Waals surface area contributed by atoms with E-state index in [-0.39, 0.29) is 6.61 Å². The predicted octanol–water partition coefficient (Wildman–Crippen LogP) is 1.38. The topological polar surface area (TPSA) is 44.7 Å². The van der Waals surface area contributed by atoms with Gasteiger partial charge in [-0.3, -0.25) is 0 Å². The van der Waals surface area contributed by atoms with Gasteiger partial charge in [-0.2, -0.15) is 0 Å². The molecular weight excluding hydrogens is 248 g/mol. The van der Waals surface area contributed by atoms with Crippen LogP contribution in [0.5, 0.6) is 0 Å². The van der Waals surface area contributed by atoms with Gasteiger partial charge in [0.25, 0.3) is 0 Å². The number of ether oxygens (including phenoxy) is 1. The Balaban J connectivity index is 2.16. The van der Waals surface area contributed by atoms with Crippen LogP contribution in [0, 0.1) is 5.92 Å². The summed E-state index contributed by atoms with van der Waals surface area (Å²) in [5.74, 6) is 0.590. The van der Waals surface area contributed by atoms with Crippen LogP contribution in [0.1, 0.15) is 32.6 Å². The molecule has 0 saturated carbocycles. The van der Waals surface area contributed by atoms with Crippen LogP contribution < -0.4 is 5.32 Å². The summed E-state index contributed by atoms with van der Waals surface area (Å²) in [6.45, 7) is 6.76. The maximum absolute atomic E-state index is 8.99. The average molecular weight is 274 g/mol. The van der Waals surface area contributed by atoms with Crippen molar-refractivity contribution in [2.45, 2.75) is 32.6 Å². The molecule has 0 aliphatic carbocycles. The van der Waals surface area contributed by atoms with Crippen LogP contribution in [0.25, 0.3) is 0 Å². The van der Waals surface area contributed by atoms with Crippen LogP contribution in [-0.2, 0) is 4.74 Å². The standard InChI is InChI=1S/C13H26N2O2S/c1-2-17-10-4-7-14-13(18)15-8-3-5-12(11-15)6-9-16/h12,16H,2-11H2,1H3,(H,14,18). The molecule has 2 N–H and O–H groups in total. The minimum atomic E-state index is 0.285. The SMILES string of the molecule is CCOCCCNC(=S)N1CCCC(CCO)C1. The van der Waals surface area contributed by atoms with Gasteiger partial charge in [-0.1, -0.05) is 0 Å². The van der Waals surface area contributed by atoms with Gasteiger partial charge in [0.2, 0.25) is 0 Å². The van der Waals surface area contributed by atoms with Gasteiger partial charge >= 0.3 is 0 Å². The number of thiocarbonyl (C=S) groups is 1. The molecule has 1 fully saturated rings. The first kappa shape index (κ1) is 15.7. The zero-order valence-electron chi connectivity index (χ0n) is 11.4. The molecule has 1 aliphatic heterocycles. The third kappa shape index (κ3) is 5.98. The number of hydrogen-bond donors (Lipinski definition) is 2. The normalized spacial score (nSPS) is 19.9. The molecule has 1 heterocycles. The highest BCUT2D eigenvalue weighted by atomic mass is 32.1. The van der Waals surface area contributed by atoms with Crippen molar-refractivity contribution in [3.63, 3.8) is 0 Å².